The number of rotatable bonds is 7. The van der Waals surface area contributed by atoms with E-state index in [0.717, 1.165) is 24.5 Å². The number of unbranched alkanes of at least 4 members (excludes halogenated alkanes) is 2. The molecule has 1 atom stereocenters. The Kier molecular flexibility index (Phi) is 4.64. The van der Waals surface area contributed by atoms with E-state index < -0.39 is 0 Å². The summed E-state index contributed by atoms with van der Waals surface area (Å²) in [6.45, 7) is 5.28. The summed E-state index contributed by atoms with van der Waals surface area (Å²) in [5, 5.41) is 3.49. The van der Waals surface area contributed by atoms with Gasteiger partial charge in [-0.15, -0.1) is 0 Å². The van der Waals surface area contributed by atoms with Crippen LogP contribution in [0, 0.1) is 0 Å². The third-order valence-corrected chi connectivity index (χ3v) is 3.10. The van der Waals surface area contributed by atoms with Crippen molar-refractivity contribution in [3.8, 4) is 11.5 Å². The number of imidazole rings is 1. The van der Waals surface area contributed by atoms with Crippen LogP contribution in [0.1, 0.15) is 45.7 Å². The molecule has 2 aliphatic heterocycles. The molecular weight excluding hydrogens is 226 g/mol. The molecule has 98 valence electrons. The van der Waals surface area contributed by atoms with Gasteiger partial charge in [-0.2, -0.15) is 0 Å². The van der Waals surface area contributed by atoms with E-state index in [1.54, 1.807) is 12.5 Å². The van der Waals surface area contributed by atoms with Crippen molar-refractivity contribution >= 4 is 0 Å². The minimum Gasteiger partial charge on any atom is -0.299 e. The van der Waals surface area contributed by atoms with E-state index in [0.29, 0.717) is 0 Å². The molecule has 0 aliphatic carbocycles. The standard InChI is InChI=1S/C13H21N5/c1-3-5-6-7-12(15-4-2)18-10-14-8-11-13(18)17-9-16-11/h8-10,12,15H,3-7H2,1-2H3. The lowest BCUT2D eigenvalue weighted by Gasteiger charge is -2.22. The van der Waals surface area contributed by atoms with E-state index in [2.05, 4.69) is 38.7 Å². The quantitative estimate of drug-likeness (QED) is 0.764. The molecule has 0 aromatic heterocycles. The molecular formula is C13H21N5. The Morgan fingerprint density at radius 3 is 2.94 bits per heavy atom. The molecule has 0 bridgehead atoms. The predicted octanol–water partition coefficient (Wildman–Crippen LogP) is 2.47. The first kappa shape index (κ1) is 13.0. The molecule has 1 unspecified atom stereocenters. The van der Waals surface area contributed by atoms with Crippen LogP contribution in [-0.2, 0) is 0 Å². The number of hydrogen-bond acceptors (Lipinski definition) is 4. The monoisotopic (exact) mass is 247 g/mol. The molecule has 2 aliphatic rings. The fourth-order valence-corrected chi connectivity index (χ4v) is 2.18. The van der Waals surface area contributed by atoms with Gasteiger partial charge in [0.25, 0.3) is 0 Å². The summed E-state index contributed by atoms with van der Waals surface area (Å²) in [5.74, 6) is 0.910. The second-order valence-electron chi connectivity index (χ2n) is 4.45. The average Bonchev–Trinajstić information content (AvgIpc) is 2.86. The van der Waals surface area contributed by atoms with Gasteiger partial charge in [-0.3, -0.25) is 9.88 Å². The molecule has 0 amide bonds. The van der Waals surface area contributed by atoms with E-state index in [9.17, 15) is 0 Å². The van der Waals surface area contributed by atoms with Crippen molar-refractivity contribution < 1.29 is 0 Å². The molecule has 5 nitrogen and oxygen atoms in total. The van der Waals surface area contributed by atoms with Crippen molar-refractivity contribution in [2.75, 3.05) is 6.54 Å². The average molecular weight is 247 g/mol. The fourth-order valence-electron chi connectivity index (χ4n) is 2.18. The molecule has 0 saturated carbocycles. The van der Waals surface area contributed by atoms with E-state index in [1.165, 1.54) is 19.3 Å². The highest BCUT2D eigenvalue weighted by molar-refractivity contribution is 5.48. The fraction of sp³-hybridized carbons (Fsp3) is 0.615. The predicted molar refractivity (Wildman–Crippen MR) is 71.3 cm³/mol. The van der Waals surface area contributed by atoms with E-state index in [-0.39, 0.29) is 6.17 Å². The number of fused-ring (bicyclic) bond motifs is 1. The zero-order chi connectivity index (χ0) is 12.8. The summed E-state index contributed by atoms with van der Waals surface area (Å²) >= 11 is 0. The van der Waals surface area contributed by atoms with Crippen molar-refractivity contribution in [1.82, 2.24) is 24.8 Å². The Bertz CT molecular complexity index is 439. The van der Waals surface area contributed by atoms with E-state index >= 15 is 0 Å². The smallest absolute Gasteiger partial charge is 0.164 e. The molecule has 18 heavy (non-hydrogen) atoms. The first-order valence-corrected chi connectivity index (χ1v) is 6.72. The second-order valence-corrected chi connectivity index (χ2v) is 4.45. The Balaban J connectivity index is 2.16. The van der Waals surface area contributed by atoms with E-state index in [1.807, 2.05) is 6.33 Å². The summed E-state index contributed by atoms with van der Waals surface area (Å²) in [6, 6.07) is 0. The molecule has 0 aromatic rings. The van der Waals surface area contributed by atoms with Crippen molar-refractivity contribution in [3.05, 3.63) is 18.9 Å². The summed E-state index contributed by atoms with van der Waals surface area (Å²) in [6.07, 6.45) is 10.3. The largest absolute Gasteiger partial charge is 0.299 e. The molecule has 2 rings (SSSR count). The molecule has 0 saturated heterocycles. The lowest BCUT2D eigenvalue weighted by atomic mass is 10.1. The maximum absolute atomic E-state index is 4.32. The SMILES string of the molecule is CCCCCC(NCC)n1cncc2ncnc1-2. The Labute approximate surface area is 108 Å². The highest BCUT2D eigenvalue weighted by Gasteiger charge is 2.16. The van der Waals surface area contributed by atoms with Crippen molar-refractivity contribution in [2.45, 2.75) is 45.7 Å². The van der Waals surface area contributed by atoms with Gasteiger partial charge in [0.2, 0.25) is 0 Å². The Morgan fingerprint density at radius 2 is 2.17 bits per heavy atom. The minimum atomic E-state index is 0.259. The topological polar surface area (TPSA) is 55.6 Å². The van der Waals surface area contributed by atoms with Gasteiger partial charge in [0.05, 0.1) is 18.7 Å². The summed E-state index contributed by atoms with van der Waals surface area (Å²) in [5.41, 5.74) is 0.857. The summed E-state index contributed by atoms with van der Waals surface area (Å²) < 4.78 is 2.10. The van der Waals surface area contributed by atoms with Crippen molar-refractivity contribution in [1.29, 1.82) is 0 Å². The van der Waals surface area contributed by atoms with Crippen LogP contribution in [0.5, 0.6) is 0 Å². The van der Waals surface area contributed by atoms with Crippen LogP contribution >= 0.6 is 0 Å². The van der Waals surface area contributed by atoms with Crippen LogP contribution in [0.3, 0.4) is 0 Å². The van der Waals surface area contributed by atoms with Gasteiger partial charge >= 0.3 is 0 Å². The van der Waals surface area contributed by atoms with Crippen LogP contribution in [0.4, 0.5) is 0 Å². The second kappa shape index (κ2) is 6.44. The van der Waals surface area contributed by atoms with Crippen molar-refractivity contribution in [3.63, 3.8) is 0 Å². The summed E-state index contributed by atoms with van der Waals surface area (Å²) in [7, 11) is 0. The Morgan fingerprint density at radius 1 is 1.28 bits per heavy atom. The lowest BCUT2D eigenvalue weighted by molar-refractivity contribution is 0.369. The number of nitrogens with zero attached hydrogens (tertiary/aromatic N) is 4. The van der Waals surface area contributed by atoms with Gasteiger partial charge in [0.1, 0.15) is 12.0 Å². The zero-order valence-electron chi connectivity index (χ0n) is 11.1. The van der Waals surface area contributed by atoms with Gasteiger partial charge in [0.15, 0.2) is 5.82 Å². The number of hydrogen-bond donors (Lipinski definition) is 1. The first-order chi connectivity index (χ1) is 8.86. The lowest BCUT2D eigenvalue weighted by Crippen LogP contribution is -2.28. The third-order valence-electron chi connectivity index (χ3n) is 3.10. The van der Waals surface area contributed by atoms with Gasteiger partial charge in [0, 0.05) is 0 Å². The molecule has 0 fully saturated rings. The van der Waals surface area contributed by atoms with Crippen molar-refractivity contribution in [2.24, 2.45) is 0 Å². The van der Waals surface area contributed by atoms with Crippen LogP contribution in [-0.4, -0.2) is 26.1 Å². The highest BCUT2D eigenvalue weighted by Crippen LogP contribution is 2.21. The third kappa shape index (κ3) is 2.85. The normalized spacial score (nSPS) is 13.0. The maximum Gasteiger partial charge on any atom is 0.164 e. The highest BCUT2D eigenvalue weighted by atomic mass is 15.2. The molecule has 0 aromatic carbocycles. The van der Waals surface area contributed by atoms with Gasteiger partial charge < -0.3 is 0 Å². The van der Waals surface area contributed by atoms with Crippen LogP contribution in [0.25, 0.3) is 11.5 Å². The summed E-state index contributed by atoms with van der Waals surface area (Å²) in [4.78, 5) is 12.8. The van der Waals surface area contributed by atoms with Crippen LogP contribution in [0.2, 0.25) is 0 Å². The van der Waals surface area contributed by atoms with Crippen LogP contribution < -0.4 is 5.32 Å². The zero-order valence-corrected chi connectivity index (χ0v) is 11.1. The van der Waals surface area contributed by atoms with E-state index in [4.69, 9.17) is 0 Å². The number of nitrogens with one attached hydrogen (secondary N) is 1. The molecule has 1 N–H and O–H groups in total. The minimum absolute atomic E-state index is 0.259. The first-order valence-electron chi connectivity index (χ1n) is 6.72. The van der Waals surface area contributed by atoms with Crippen LogP contribution in [0.15, 0.2) is 18.9 Å². The molecule has 0 radical (unpaired) electrons. The van der Waals surface area contributed by atoms with Gasteiger partial charge in [-0.05, 0) is 13.0 Å². The maximum atomic E-state index is 4.32. The molecule has 2 heterocycles. The van der Waals surface area contributed by atoms with Gasteiger partial charge in [-0.25, -0.2) is 15.0 Å². The Hall–Kier alpha value is -1.49. The molecule has 5 heteroatoms. The molecule has 0 spiro atoms. The number of aromatic nitrogens is 4. The van der Waals surface area contributed by atoms with Gasteiger partial charge in [-0.1, -0.05) is 33.1 Å².